The Balaban J connectivity index is 2.17. The molecular weight excluding hydrogens is 251 g/mol. The van der Waals surface area contributed by atoms with Crippen molar-refractivity contribution >= 4 is 0 Å². The van der Waals surface area contributed by atoms with Gasteiger partial charge < -0.3 is 15.0 Å². The number of ether oxygens (including phenoxy) is 1. The summed E-state index contributed by atoms with van der Waals surface area (Å²) in [5.41, 5.74) is 5.15. The molecule has 0 radical (unpaired) electrons. The summed E-state index contributed by atoms with van der Waals surface area (Å²) < 4.78 is 46.8. The Hall–Kier alpha value is -1.15. The maximum absolute atomic E-state index is 12.2. The molecule has 2 heterocycles. The molecule has 0 saturated carbocycles. The predicted octanol–water partition coefficient (Wildman–Crippen LogP) is 1.18. The van der Waals surface area contributed by atoms with Crippen LogP contribution in [0.5, 0.6) is 0 Å². The SMILES string of the molecule is NCC1(c2nc(CC(F)(F)F)no2)CCOCC1. The minimum Gasteiger partial charge on any atom is -0.381 e. The second kappa shape index (κ2) is 4.85. The molecule has 1 aliphatic heterocycles. The van der Waals surface area contributed by atoms with E-state index in [1.807, 2.05) is 0 Å². The molecule has 0 bridgehead atoms. The van der Waals surface area contributed by atoms with Crippen molar-refractivity contribution in [3.05, 3.63) is 11.7 Å². The van der Waals surface area contributed by atoms with Crippen LogP contribution in [-0.4, -0.2) is 36.1 Å². The summed E-state index contributed by atoms with van der Waals surface area (Å²) in [6.07, 6.45) is -4.37. The topological polar surface area (TPSA) is 74.2 Å². The minimum absolute atomic E-state index is 0.188. The normalized spacial score (nSPS) is 20.0. The van der Waals surface area contributed by atoms with E-state index in [0.717, 1.165) is 0 Å². The molecule has 8 heteroatoms. The van der Waals surface area contributed by atoms with E-state index in [1.54, 1.807) is 0 Å². The standard InChI is InChI=1S/C10H14F3N3O2/c11-10(12,13)5-7-15-8(18-16-7)9(6-14)1-3-17-4-2-9/h1-6,14H2. The van der Waals surface area contributed by atoms with Crippen molar-refractivity contribution in [2.75, 3.05) is 19.8 Å². The van der Waals surface area contributed by atoms with Gasteiger partial charge >= 0.3 is 6.18 Å². The third kappa shape index (κ3) is 2.81. The zero-order valence-corrected chi connectivity index (χ0v) is 9.66. The van der Waals surface area contributed by atoms with Gasteiger partial charge in [-0.25, -0.2) is 0 Å². The van der Waals surface area contributed by atoms with Gasteiger partial charge in [0.1, 0.15) is 6.42 Å². The molecule has 1 saturated heterocycles. The highest BCUT2D eigenvalue weighted by Crippen LogP contribution is 2.33. The fraction of sp³-hybridized carbons (Fsp3) is 0.800. The van der Waals surface area contributed by atoms with Gasteiger partial charge in [0.05, 0.1) is 5.41 Å². The molecule has 1 aliphatic rings. The lowest BCUT2D eigenvalue weighted by molar-refractivity contribution is -0.128. The van der Waals surface area contributed by atoms with Gasteiger partial charge in [0, 0.05) is 19.8 Å². The number of nitrogens with two attached hydrogens (primary N) is 1. The smallest absolute Gasteiger partial charge is 0.381 e. The number of hydrogen-bond donors (Lipinski definition) is 1. The lowest BCUT2D eigenvalue weighted by atomic mass is 9.80. The molecule has 0 atom stereocenters. The number of halogens is 3. The third-order valence-electron chi connectivity index (χ3n) is 3.12. The highest BCUT2D eigenvalue weighted by Gasteiger charge is 2.39. The highest BCUT2D eigenvalue weighted by molar-refractivity contribution is 5.08. The second-order valence-corrected chi connectivity index (χ2v) is 4.40. The van der Waals surface area contributed by atoms with Crippen molar-refractivity contribution in [3.8, 4) is 0 Å². The molecule has 0 aliphatic carbocycles. The Morgan fingerprint density at radius 2 is 1.94 bits per heavy atom. The van der Waals surface area contributed by atoms with Crippen LogP contribution >= 0.6 is 0 Å². The quantitative estimate of drug-likeness (QED) is 0.888. The molecule has 102 valence electrons. The van der Waals surface area contributed by atoms with Crippen molar-refractivity contribution < 1.29 is 22.4 Å². The molecule has 0 spiro atoms. The Labute approximate surface area is 101 Å². The molecule has 0 aromatic carbocycles. The van der Waals surface area contributed by atoms with Crippen molar-refractivity contribution in [1.82, 2.24) is 10.1 Å². The molecule has 0 amide bonds. The van der Waals surface area contributed by atoms with E-state index in [0.29, 0.717) is 26.1 Å². The molecular formula is C10H14F3N3O2. The van der Waals surface area contributed by atoms with Crippen LogP contribution in [0, 0.1) is 0 Å². The number of aromatic nitrogens is 2. The molecule has 2 rings (SSSR count). The summed E-state index contributed by atoms with van der Waals surface area (Å²) >= 11 is 0. The monoisotopic (exact) mass is 265 g/mol. The van der Waals surface area contributed by atoms with E-state index < -0.39 is 18.0 Å². The van der Waals surface area contributed by atoms with Crippen LogP contribution in [0.15, 0.2) is 4.52 Å². The molecule has 1 aromatic heterocycles. The summed E-state index contributed by atoms with van der Waals surface area (Å²) in [6, 6.07) is 0. The largest absolute Gasteiger partial charge is 0.396 e. The van der Waals surface area contributed by atoms with E-state index in [4.69, 9.17) is 15.0 Å². The third-order valence-corrected chi connectivity index (χ3v) is 3.12. The first-order chi connectivity index (χ1) is 8.45. The Morgan fingerprint density at radius 1 is 1.28 bits per heavy atom. The van der Waals surface area contributed by atoms with Crippen molar-refractivity contribution in [3.63, 3.8) is 0 Å². The fourth-order valence-electron chi connectivity index (χ4n) is 1.99. The first-order valence-corrected chi connectivity index (χ1v) is 5.63. The van der Waals surface area contributed by atoms with E-state index >= 15 is 0 Å². The molecule has 5 nitrogen and oxygen atoms in total. The van der Waals surface area contributed by atoms with Gasteiger partial charge in [0.25, 0.3) is 0 Å². The minimum atomic E-state index is -4.34. The highest BCUT2D eigenvalue weighted by atomic mass is 19.4. The average molecular weight is 265 g/mol. The number of hydrogen-bond acceptors (Lipinski definition) is 5. The van der Waals surface area contributed by atoms with Crippen molar-refractivity contribution in [2.24, 2.45) is 5.73 Å². The summed E-state index contributed by atoms with van der Waals surface area (Å²) in [7, 11) is 0. The molecule has 1 aromatic rings. The number of alkyl halides is 3. The Bertz CT molecular complexity index is 399. The van der Waals surface area contributed by atoms with Gasteiger partial charge in [-0.05, 0) is 12.8 Å². The molecule has 2 N–H and O–H groups in total. The first kappa shape index (κ1) is 13.3. The van der Waals surface area contributed by atoms with Gasteiger partial charge in [-0.1, -0.05) is 5.16 Å². The van der Waals surface area contributed by atoms with E-state index in [1.165, 1.54) is 0 Å². The van der Waals surface area contributed by atoms with Gasteiger partial charge in [-0.15, -0.1) is 0 Å². The fourth-order valence-corrected chi connectivity index (χ4v) is 1.99. The summed E-state index contributed by atoms with van der Waals surface area (Å²) in [6.45, 7) is 1.24. The summed E-state index contributed by atoms with van der Waals surface area (Å²) in [4.78, 5) is 3.83. The van der Waals surface area contributed by atoms with E-state index in [-0.39, 0.29) is 18.3 Å². The van der Waals surface area contributed by atoms with Crippen LogP contribution in [0.1, 0.15) is 24.6 Å². The summed E-state index contributed by atoms with van der Waals surface area (Å²) in [5, 5.41) is 3.37. The lowest BCUT2D eigenvalue weighted by Crippen LogP contribution is -2.41. The van der Waals surface area contributed by atoms with Gasteiger partial charge in [0.2, 0.25) is 5.89 Å². The zero-order chi connectivity index (χ0) is 13.2. The molecule has 18 heavy (non-hydrogen) atoms. The van der Waals surface area contributed by atoms with Crippen LogP contribution in [0.4, 0.5) is 13.2 Å². The average Bonchev–Trinajstić information content (AvgIpc) is 2.76. The maximum Gasteiger partial charge on any atom is 0.396 e. The van der Waals surface area contributed by atoms with Crippen LogP contribution < -0.4 is 5.73 Å². The maximum atomic E-state index is 12.2. The number of nitrogens with zero attached hydrogens (tertiary/aromatic N) is 2. The van der Waals surface area contributed by atoms with Gasteiger partial charge in [-0.2, -0.15) is 18.2 Å². The molecule has 0 unspecified atom stereocenters. The van der Waals surface area contributed by atoms with Crippen molar-refractivity contribution in [2.45, 2.75) is 30.9 Å². The van der Waals surface area contributed by atoms with Crippen molar-refractivity contribution in [1.29, 1.82) is 0 Å². The summed E-state index contributed by atoms with van der Waals surface area (Å²) in [5.74, 6) is -0.163. The van der Waals surface area contributed by atoms with E-state index in [2.05, 4.69) is 10.1 Å². The predicted molar refractivity (Wildman–Crippen MR) is 54.8 cm³/mol. The van der Waals surface area contributed by atoms with Gasteiger partial charge in [-0.3, -0.25) is 0 Å². The lowest BCUT2D eigenvalue weighted by Gasteiger charge is -2.32. The first-order valence-electron chi connectivity index (χ1n) is 5.63. The second-order valence-electron chi connectivity index (χ2n) is 4.40. The zero-order valence-electron chi connectivity index (χ0n) is 9.66. The van der Waals surface area contributed by atoms with Crippen LogP contribution in [0.2, 0.25) is 0 Å². The number of rotatable bonds is 3. The molecule has 1 fully saturated rings. The van der Waals surface area contributed by atoms with E-state index in [9.17, 15) is 13.2 Å². The Morgan fingerprint density at radius 3 is 2.50 bits per heavy atom. The van der Waals surface area contributed by atoms with Crippen LogP contribution in [0.25, 0.3) is 0 Å². The van der Waals surface area contributed by atoms with Crippen LogP contribution in [0.3, 0.4) is 0 Å². The van der Waals surface area contributed by atoms with Gasteiger partial charge in [0.15, 0.2) is 5.82 Å². The van der Waals surface area contributed by atoms with Crippen LogP contribution in [-0.2, 0) is 16.6 Å². The Kier molecular flexibility index (Phi) is 3.58.